The molecule has 0 unspecified atom stereocenters. The number of aryl methyl sites for hydroxylation is 1. The fourth-order valence-electron chi connectivity index (χ4n) is 1.92. The largest absolute Gasteiger partial charge is 0.573 e. The van der Waals surface area contributed by atoms with E-state index in [1.165, 1.54) is 31.2 Å². The molecular weight excluding hydrogens is 310 g/mol. The number of ether oxygens (including phenoxy) is 1. The van der Waals surface area contributed by atoms with E-state index < -0.39 is 18.1 Å². The van der Waals surface area contributed by atoms with Gasteiger partial charge in [-0.3, -0.25) is 0 Å². The lowest BCUT2D eigenvalue weighted by Gasteiger charge is -2.13. The van der Waals surface area contributed by atoms with Crippen molar-refractivity contribution in [3.05, 3.63) is 53.6 Å². The van der Waals surface area contributed by atoms with Gasteiger partial charge in [-0.1, -0.05) is 18.2 Å². The Balaban J connectivity index is 2.29. The van der Waals surface area contributed by atoms with Gasteiger partial charge in [0.25, 0.3) is 0 Å². The highest BCUT2D eigenvalue weighted by molar-refractivity contribution is 5.66. The Morgan fingerprint density at radius 1 is 0.773 bits per heavy atom. The molecule has 2 aromatic carbocycles. The zero-order chi connectivity index (χ0) is 16.5. The summed E-state index contributed by atoms with van der Waals surface area (Å²) in [5, 5.41) is 0. The minimum Gasteiger partial charge on any atom is -0.406 e. The summed E-state index contributed by atoms with van der Waals surface area (Å²) in [5.74, 6) is -0.344. The molecule has 118 valence electrons. The topological polar surface area (TPSA) is 9.23 Å². The summed E-state index contributed by atoms with van der Waals surface area (Å²) in [6.07, 6.45) is -9.22. The first kappa shape index (κ1) is 16.2. The standard InChI is InChI=1S/C15H10F6O/c1-9-8-11(4-7-13(9)22-15(19,20)21)10-2-5-12(6-3-10)14(16,17)18/h2-8H,1H3. The average Bonchev–Trinajstić information content (AvgIpc) is 2.39. The smallest absolute Gasteiger partial charge is 0.406 e. The first-order valence-corrected chi connectivity index (χ1v) is 6.10. The first-order valence-electron chi connectivity index (χ1n) is 6.10. The normalized spacial score (nSPS) is 12.3. The van der Waals surface area contributed by atoms with Crippen molar-refractivity contribution >= 4 is 0 Å². The minimum atomic E-state index is -4.79. The molecule has 7 heteroatoms. The van der Waals surface area contributed by atoms with E-state index in [2.05, 4.69) is 4.74 Å². The van der Waals surface area contributed by atoms with Gasteiger partial charge < -0.3 is 4.74 Å². The number of halogens is 6. The third-order valence-electron chi connectivity index (χ3n) is 2.95. The summed E-state index contributed by atoms with van der Waals surface area (Å²) in [4.78, 5) is 0. The van der Waals surface area contributed by atoms with E-state index in [1.807, 2.05) is 0 Å². The van der Waals surface area contributed by atoms with Gasteiger partial charge in [0.15, 0.2) is 0 Å². The van der Waals surface area contributed by atoms with Crippen molar-refractivity contribution in [2.24, 2.45) is 0 Å². The molecule has 0 N–H and O–H groups in total. The van der Waals surface area contributed by atoms with Crippen LogP contribution in [-0.2, 0) is 6.18 Å². The van der Waals surface area contributed by atoms with Crippen molar-refractivity contribution in [2.45, 2.75) is 19.5 Å². The molecule has 22 heavy (non-hydrogen) atoms. The molecule has 1 nitrogen and oxygen atoms in total. The van der Waals surface area contributed by atoms with Crippen LogP contribution in [-0.4, -0.2) is 6.36 Å². The molecule has 0 aromatic heterocycles. The van der Waals surface area contributed by atoms with E-state index in [9.17, 15) is 26.3 Å². The van der Waals surface area contributed by atoms with E-state index >= 15 is 0 Å². The predicted octanol–water partition coefficient (Wildman–Crippen LogP) is 5.58. The molecule has 0 spiro atoms. The lowest BCUT2D eigenvalue weighted by molar-refractivity contribution is -0.274. The summed E-state index contributed by atoms with van der Waals surface area (Å²) >= 11 is 0. The Morgan fingerprint density at radius 2 is 1.32 bits per heavy atom. The van der Waals surface area contributed by atoms with E-state index in [1.54, 1.807) is 0 Å². The molecule has 2 aromatic rings. The summed E-state index contributed by atoms with van der Waals surface area (Å²) in [7, 11) is 0. The Kier molecular flexibility index (Phi) is 4.08. The number of hydrogen-bond acceptors (Lipinski definition) is 1. The van der Waals surface area contributed by atoms with Crippen LogP contribution in [0.15, 0.2) is 42.5 Å². The maximum atomic E-state index is 12.5. The van der Waals surface area contributed by atoms with Crippen LogP contribution in [0.2, 0.25) is 0 Å². The summed E-state index contributed by atoms with van der Waals surface area (Å²) in [6.45, 7) is 1.43. The van der Waals surface area contributed by atoms with Crippen molar-refractivity contribution in [1.82, 2.24) is 0 Å². The minimum absolute atomic E-state index is 0.231. The number of benzene rings is 2. The fourth-order valence-corrected chi connectivity index (χ4v) is 1.92. The van der Waals surface area contributed by atoms with Gasteiger partial charge in [0, 0.05) is 0 Å². The maximum absolute atomic E-state index is 12.5. The molecule has 0 bridgehead atoms. The molecule has 0 radical (unpaired) electrons. The molecule has 0 amide bonds. The Bertz CT molecular complexity index is 655. The average molecular weight is 320 g/mol. The Morgan fingerprint density at radius 3 is 1.77 bits per heavy atom. The highest BCUT2D eigenvalue weighted by Gasteiger charge is 2.32. The SMILES string of the molecule is Cc1cc(-c2ccc(C(F)(F)F)cc2)ccc1OC(F)(F)F. The summed E-state index contributed by atoms with van der Waals surface area (Å²) < 4.78 is 77.8. The van der Waals surface area contributed by atoms with Crippen LogP contribution < -0.4 is 4.74 Å². The van der Waals surface area contributed by atoms with Crippen LogP contribution in [0.4, 0.5) is 26.3 Å². The van der Waals surface area contributed by atoms with E-state index in [4.69, 9.17) is 0 Å². The molecule has 0 heterocycles. The van der Waals surface area contributed by atoms with Gasteiger partial charge in [0.2, 0.25) is 0 Å². The van der Waals surface area contributed by atoms with Crippen LogP contribution in [0.25, 0.3) is 11.1 Å². The van der Waals surface area contributed by atoms with Crippen LogP contribution in [0.1, 0.15) is 11.1 Å². The molecule has 0 aliphatic heterocycles. The molecule has 0 aliphatic carbocycles. The third kappa shape index (κ3) is 3.93. The highest BCUT2D eigenvalue weighted by Crippen LogP contribution is 2.33. The van der Waals surface area contributed by atoms with Gasteiger partial charge in [0.1, 0.15) is 5.75 Å². The summed E-state index contributed by atoms with van der Waals surface area (Å²) in [5.41, 5.74) is 0.412. The molecule has 0 saturated carbocycles. The second kappa shape index (κ2) is 5.55. The molecule has 0 fully saturated rings. The van der Waals surface area contributed by atoms with Crippen molar-refractivity contribution in [3.63, 3.8) is 0 Å². The molecule has 2 rings (SSSR count). The predicted molar refractivity (Wildman–Crippen MR) is 68.3 cm³/mol. The second-order valence-electron chi connectivity index (χ2n) is 4.60. The lowest BCUT2D eigenvalue weighted by Crippen LogP contribution is -2.17. The first-order chi connectivity index (χ1) is 10.1. The molecule has 0 atom stereocenters. The second-order valence-corrected chi connectivity index (χ2v) is 4.60. The van der Waals surface area contributed by atoms with E-state index in [-0.39, 0.29) is 11.3 Å². The Hall–Kier alpha value is -2.18. The number of alkyl halides is 6. The van der Waals surface area contributed by atoms with Gasteiger partial charge in [-0.05, 0) is 47.9 Å². The van der Waals surface area contributed by atoms with Crippen LogP contribution in [0, 0.1) is 6.92 Å². The van der Waals surface area contributed by atoms with E-state index in [0.717, 1.165) is 18.2 Å². The van der Waals surface area contributed by atoms with Crippen LogP contribution >= 0.6 is 0 Å². The van der Waals surface area contributed by atoms with Crippen molar-refractivity contribution in [1.29, 1.82) is 0 Å². The number of rotatable bonds is 2. The van der Waals surface area contributed by atoms with Gasteiger partial charge in [-0.25, -0.2) is 0 Å². The molecular formula is C15H10F6O. The fraction of sp³-hybridized carbons (Fsp3) is 0.200. The zero-order valence-corrected chi connectivity index (χ0v) is 11.2. The summed E-state index contributed by atoms with van der Waals surface area (Å²) in [6, 6.07) is 8.29. The van der Waals surface area contributed by atoms with Crippen molar-refractivity contribution in [3.8, 4) is 16.9 Å². The maximum Gasteiger partial charge on any atom is 0.573 e. The van der Waals surface area contributed by atoms with Crippen molar-refractivity contribution < 1.29 is 31.1 Å². The van der Waals surface area contributed by atoms with Gasteiger partial charge >= 0.3 is 12.5 Å². The zero-order valence-electron chi connectivity index (χ0n) is 11.2. The highest BCUT2D eigenvalue weighted by atomic mass is 19.4. The third-order valence-corrected chi connectivity index (χ3v) is 2.95. The van der Waals surface area contributed by atoms with Crippen LogP contribution in [0.5, 0.6) is 5.75 Å². The monoisotopic (exact) mass is 320 g/mol. The Labute approximate surface area is 122 Å². The van der Waals surface area contributed by atoms with Gasteiger partial charge in [-0.2, -0.15) is 13.2 Å². The van der Waals surface area contributed by atoms with Crippen molar-refractivity contribution in [2.75, 3.05) is 0 Å². The van der Waals surface area contributed by atoms with E-state index in [0.29, 0.717) is 11.1 Å². The molecule has 0 saturated heterocycles. The quantitative estimate of drug-likeness (QED) is 0.656. The van der Waals surface area contributed by atoms with Gasteiger partial charge in [0.05, 0.1) is 5.56 Å². The number of hydrogen-bond donors (Lipinski definition) is 0. The van der Waals surface area contributed by atoms with Crippen LogP contribution in [0.3, 0.4) is 0 Å². The molecule has 0 aliphatic rings. The van der Waals surface area contributed by atoms with Gasteiger partial charge in [-0.15, -0.1) is 13.2 Å². The lowest BCUT2D eigenvalue weighted by atomic mass is 10.0.